The van der Waals surface area contributed by atoms with Gasteiger partial charge in [-0.15, -0.1) is 11.8 Å². The van der Waals surface area contributed by atoms with Gasteiger partial charge < -0.3 is 4.57 Å². The van der Waals surface area contributed by atoms with E-state index < -0.39 is 5.41 Å². The third-order valence-corrected chi connectivity index (χ3v) is 7.42. The van der Waals surface area contributed by atoms with Gasteiger partial charge in [-0.3, -0.25) is 4.98 Å². The molecule has 0 amide bonds. The Kier molecular flexibility index (Phi) is 6.69. The van der Waals surface area contributed by atoms with Crippen LogP contribution in [0.4, 0.5) is 0 Å². The minimum Gasteiger partial charge on any atom is -0.334 e. The number of fused-ring (bicyclic) bond motifs is 1. The van der Waals surface area contributed by atoms with Gasteiger partial charge in [-0.05, 0) is 84.8 Å². The van der Waals surface area contributed by atoms with Crippen molar-refractivity contribution in [2.45, 2.75) is 24.2 Å². The molecule has 0 atom stereocenters. The fraction of sp³-hybridized carbons (Fsp3) is 0.156. The minimum atomic E-state index is -0.607. The quantitative estimate of drug-likeness (QED) is 0.177. The number of imidazole rings is 1. The molecular weight excluding hydrogens is 472 g/mol. The van der Waals surface area contributed by atoms with E-state index in [0.29, 0.717) is 0 Å². The van der Waals surface area contributed by atoms with Crippen molar-refractivity contribution in [3.63, 3.8) is 0 Å². The first kappa shape index (κ1) is 24.5. The van der Waals surface area contributed by atoms with E-state index in [1.54, 1.807) is 11.8 Å². The van der Waals surface area contributed by atoms with Crippen LogP contribution in [0.25, 0.3) is 33.7 Å². The first-order chi connectivity index (χ1) is 17.9. The Hall–Kier alpha value is -4.14. The molecule has 0 bridgehead atoms. The monoisotopic (exact) mass is 500 g/mol. The zero-order chi connectivity index (χ0) is 26.0. The summed E-state index contributed by atoms with van der Waals surface area (Å²) in [6, 6.07) is 27.7. The Balaban J connectivity index is 1.67. The average molecular weight is 501 g/mol. The van der Waals surface area contributed by atoms with Gasteiger partial charge in [0.15, 0.2) is 0 Å². The van der Waals surface area contributed by atoms with Gasteiger partial charge in [-0.1, -0.05) is 36.4 Å². The Morgan fingerprint density at radius 2 is 1.78 bits per heavy atom. The molecule has 5 aromatic rings. The van der Waals surface area contributed by atoms with E-state index in [1.165, 1.54) is 4.90 Å². The third kappa shape index (κ3) is 4.94. The number of thioether (sulfide) groups is 1. The number of aromatic nitrogens is 3. The van der Waals surface area contributed by atoms with Crippen molar-refractivity contribution in [2.24, 2.45) is 7.05 Å². The molecule has 0 radical (unpaired) electrons. The maximum absolute atomic E-state index is 9.80. The molecule has 0 spiro atoms. The first-order valence-corrected chi connectivity index (χ1v) is 13.4. The molecule has 2 aromatic heterocycles. The number of pyridine rings is 1. The summed E-state index contributed by atoms with van der Waals surface area (Å²) in [6.45, 7) is 3.91. The number of nitrogens with zero attached hydrogens (tertiary/aromatic N) is 4. The van der Waals surface area contributed by atoms with Crippen LogP contribution < -0.4 is 0 Å². The van der Waals surface area contributed by atoms with Crippen molar-refractivity contribution in [2.75, 3.05) is 6.26 Å². The van der Waals surface area contributed by atoms with E-state index in [0.717, 1.165) is 50.1 Å². The topological polar surface area (TPSA) is 54.5 Å². The highest BCUT2D eigenvalue weighted by molar-refractivity contribution is 7.98. The normalized spacial score (nSPS) is 12.0. The molecule has 0 aliphatic rings. The van der Waals surface area contributed by atoms with Gasteiger partial charge in [0, 0.05) is 47.1 Å². The van der Waals surface area contributed by atoms with Gasteiger partial charge in [0.25, 0.3) is 0 Å². The van der Waals surface area contributed by atoms with Crippen LogP contribution in [0.1, 0.15) is 36.4 Å². The van der Waals surface area contributed by atoms with Gasteiger partial charge in [0.1, 0.15) is 5.82 Å². The molecule has 3 aromatic carbocycles. The van der Waals surface area contributed by atoms with E-state index in [1.807, 2.05) is 50.1 Å². The van der Waals surface area contributed by atoms with Crippen LogP contribution in [0, 0.1) is 11.3 Å². The van der Waals surface area contributed by atoms with Crippen molar-refractivity contribution in [1.29, 1.82) is 5.26 Å². The van der Waals surface area contributed by atoms with Crippen LogP contribution in [0.2, 0.25) is 0 Å². The molecule has 5 heteroatoms. The fourth-order valence-electron chi connectivity index (χ4n) is 4.47. The Morgan fingerprint density at radius 3 is 2.49 bits per heavy atom. The lowest BCUT2D eigenvalue weighted by molar-refractivity contribution is 0.688. The van der Waals surface area contributed by atoms with Gasteiger partial charge >= 0.3 is 0 Å². The molecule has 37 heavy (non-hydrogen) atoms. The Bertz CT molecular complexity index is 1650. The van der Waals surface area contributed by atoms with Gasteiger partial charge in [-0.25, -0.2) is 4.98 Å². The summed E-state index contributed by atoms with van der Waals surface area (Å²) in [6.07, 6.45) is 9.90. The van der Waals surface area contributed by atoms with Crippen LogP contribution >= 0.6 is 11.8 Å². The molecule has 2 heterocycles. The van der Waals surface area contributed by atoms with Crippen molar-refractivity contribution < 1.29 is 0 Å². The van der Waals surface area contributed by atoms with Gasteiger partial charge in [0.05, 0.1) is 17.0 Å². The molecule has 0 saturated carbocycles. The lowest BCUT2D eigenvalue weighted by Gasteiger charge is -2.19. The zero-order valence-electron chi connectivity index (χ0n) is 21.4. The molecular formula is C32H28N4S. The highest BCUT2D eigenvalue weighted by Crippen LogP contribution is 2.35. The van der Waals surface area contributed by atoms with Crippen molar-refractivity contribution >= 4 is 34.3 Å². The summed E-state index contributed by atoms with van der Waals surface area (Å²) in [5.74, 6) is 0.909. The number of aryl methyl sites for hydroxylation is 1. The summed E-state index contributed by atoms with van der Waals surface area (Å²) in [5.41, 5.74) is 6.62. The van der Waals surface area contributed by atoms with E-state index >= 15 is 0 Å². The fourth-order valence-corrected chi connectivity index (χ4v) is 4.88. The second-order valence-corrected chi connectivity index (χ2v) is 10.5. The maximum atomic E-state index is 9.80. The average Bonchev–Trinajstić information content (AvgIpc) is 3.36. The van der Waals surface area contributed by atoms with Crippen LogP contribution in [-0.2, 0) is 12.5 Å². The van der Waals surface area contributed by atoms with E-state index in [4.69, 9.17) is 4.98 Å². The maximum Gasteiger partial charge on any atom is 0.140 e. The standard InChI is InChI=1S/C32H28N4S/c1-32(2,21-33)26-19-25-9-6-14-34-30(25)28(20-26)24-8-5-7-22(17-24)18-29(31-35-15-16-36(31)3)23-10-12-27(37-4)13-11-23/h5-20H,1-4H3. The van der Waals surface area contributed by atoms with Gasteiger partial charge in [-0.2, -0.15) is 5.26 Å². The molecule has 0 N–H and O–H groups in total. The molecule has 182 valence electrons. The van der Waals surface area contributed by atoms with Crippen LogP contribution in [0.3, 0.4) is 0 Å². The van der Waals surface area contributed by atoms with E-state index in [-0.39, 0.29) is 0 Å². The summed E-state index contributed by atoms with van der Waals surface area (Å²) in [7, 11) is 2.02. The van der Waals surface area contributed by atoms with E-state index in [2.05, 4.69) is 90.1 Å². The SMILES string of the molecule is CSc1ccc(C(=Cc2cccc(-c3cc(C(C)(C)C#N)cc4cccnc34)c2)c2nccn2C)cc1. The Labute approximate surface area is 222 Å². The van der Waals surface area contributed by atoms with Crippen LogP contribution in [-0.4, -0.2) is 20.8 Å². The highest BCUT2D eigenvalue weighted by Gasteiger charge is 2.22. The molecule has 5 rings (SSSR count). The minimum absolute atomic E-state index is 0.607. The Morgan fingerprint density at radius 1 is 0.973 bits per heavy atom. The summed E-state index contributed by atoms with van der Waals surface area (Å²) < 4.78 is 2.04. The summed E-state index contributed by atoms with van der Waals surface area (Å²) in [5, 5.41) is 10.8. The van der Waals surface area contributed by atoms with Crippen molar-refractivity contribution in [3.8, 4) is 17.2 Å². The smallest absolute Gasteiger partial charge is 0.140 e. The number of nitriles is 1. The van der Waals surface area contributed by atoms with E-state index in [9.17, 15) is 5.26 Å². The van der Waals surface area contributed by atoms with Crippen molar-refractivity contribution in [3.05, 3.63) is 114 Å². The highest BCUT2D eigenvalue weighted by atomic mass is 32.2. The predicted molar refractivity (Wildman–Crippen MR) is 154 cm³/mol. The summed E-state index contributed by atoms with van der Waals surface area (Å²) >= 11 is 1.73. The number of hydrogen-bond acceptors (Lipinski definition) is 4. The molecule has 0 fully saturated rings. The predicted octanol–water partition coefficient (Wildman–Crippen LogP) is 7.75. The van der Waals surface area contributed by atoms with Crippen molar-refractivity contribution in [1.82, 2.24) is 14.5 Å². The third-order valence-electron chi connectivity index (χ3n) is 6.68. The van der Waals surface area contributed by atoms with Crippen LogP contribution in [0.5, 0.6) is 0 Å². The lowest BCUT2D eigenvalue weighted by atomic mass is 9.83. The summed E-state index contributed by atoms with van der Waals surface area (Å²) in [4.78, 5) is 10.6. The number of benzene rings is 3. The van der Waals surface area contributed by atoms with Gasteiger partial charge in [0.2, 0.25) is 0 Å². The number of hydrogen-bond donors (Lipinski definition) is 0. The first-order valence-electron chi connectivity index (χ1n) is 12.1. The zero-order valence-corrected chi connectivity index (χ0v) is 22.3. The lowest BCUT2D eigenvalue weighted by Crippen LogP contribution is -2.14. The molecule has 0 unspecified atom stereocenters. The van der Waals surface area contributed by atoms with Crippen LogP contribution in [0.15, 0.2) is 96.3 Å². The molecule has 4 nitrogen and oxygen atoms in total. The molecule has 0 aliphatic heterocycles. The molecule has 0 saturated heterocycles. The largest absolute Gasteiger partial charge is 0.334 e. The second kappa shape index (κ2) is 10.1. The second-order valence-electron chi connectivity index (χ2n) is 9.61. The number of rotatable bonds is 6. The molecule has 0 aliphatic carbocycles.